The van der Waals surface area contributed by atoms with E-state index in [9.17, 15) is 10.2 Å². The molecule has 0 radical (unpaired) electrons. The summed E-state index contributed by atoms with van der Waals surface area (Å²) in [5.74, 6) is 1.51. The SMILES string of the molecule is Cc1cc(CCNCCc2cc(C)cc(C(C)C)c2O)c(O)c(C(C)C)c1.[CH2-]c1ccccc1.[CH2-]c1ccccc1.[Hf]. The quantitative estimate of drug-likeness (QED) is 0.0964. The topological polar surface area (TPSA) is 52.5 Å². The summed E-state index contributed by atoms with van der Waals surface area (Å²) in [5, 5.41) is 24.5. The Morgan fingerprint density at radius 2 is 0.929 bits per heavy atom. The van der Waals surface area contributed by atoms with Crippen LogP contribution in [0.5, 0.6) is 11.5 Å². The zero-order valence-corrected chi connectivity index (χ0v) is 30.0. The summed E-state index contributed by atoms with van der Waals surface area (Å²) in [6, 6.07) is 28.0. The number of aryl methyl sites for hydroxylation is 2. The first kappa shape index (κ1) is 37.1. The van der Waals surface area contributed by atoms with Gasteiger partial charge in [-0.25, -0.2) is 0 Å². The van der Waals surface area contributed by atoms with E-state index in [0.29, 0.717) is 23.3 Å². The Bertz CT molecular complexity index is 1220. The minimum Gasteiger partial charge on any atom is -0.507 e. The van der Waals surface area contributed by atoms with Gasteiger partial charge in [0.1, 0.15) is 11.5 Å². The van der Waals surface area contributed by atoms with Crippen molar-refractivity contribution in [3.63, 3.8) is 0 Å². The average molecular weight is 730 g/mol. The van der Waals surface area contributed by atoms with E-state index >= 15 is 0 Å². The zero-order chi connectivity index (χ0) is 30.4. The predicted molar refractivity (Wildman–Crippen MR) is 176 cm³/mol. The Balaban J connectivity index is 0.000000476. The maximum atomic E-state index is 10.5. The van der Waals surface area contributed by atoms with Crippen LogP contribution in [0.25, 0.3) is 0 Å². The fourth-order valence-electron chi connectivity index (χ4n) is 4.56. The first-order valence-corrected chi connectivity index (χ1v) is 14.6. The second-order valence-corrected chi connectivity index (χ2v) is 11.3. The van der Waals surface area contributed by atoms with Gasteiger partial charge < -0.3 is 15.5 Å². The van der Waals surface area contributed by atoms with E-state index in [1.54, 1.807) is 0 Å². The molecular weight excluding hydrogens is 681 g/mol. The summed E-state index contributed by atoms with van der Waals surface area (Å²) in [6.07, 6.45) is 1.59. The number of phenolic OH excluding ortho intramolecular Hbond substituents is 2. The molecule has 0 aliphatic rings. The molecule has 0 bridgehead atoms. The maximum Gasteiger partial charge on any atom is 0.122 e. The van der Waals surface area contributed by atoms with E-state index in [1.807, 2.05) is 60.7 Å². The summed E-state index contributed by atoms with van der Waals surface area (Å²) < 4.78 is 0. The van der Waals surface area contributed by atoms with Gasteiger partial charge in [0.2, 0.25) is 0 Å². The smallest absolute Gasteiger partial charge is 0.122 e. The molecule has 3 N–H and O–H groups in total. The molecule has 0 aliphatic carbocycles. The van der Waals surface area contributed by atoms with Crippen LogP contribution in [0.4, 0.5) is 0 Å². The zero-order valence-electron chi connectivity index (χ0n) is 26.4. The number of aromatic hydroxyl groups is 2. The monoisotopic (exact) mass is 731 g/mol. The Labute approximate surface area is 274 Å². The molecule has 4 aromatic rings. The van der Waals surface area contributed by atoms with Crippen LogP contribution < -0.4 is 5.32 Å². The molecule has 0 unspecified atom stereocenters. The van der Waals surface area contributed by atoms with Gasteiger partial charge in [0.05, 0.1) is 0 Å². The van der Waals surface area contributed by atoms with Crippen LogP contribution in [-0.4, -0.2) is 23.3 Å². The van der Waals surface area contributed by atoms with Crippen LogP contribution in [0.2, 0.25) is 0 Å². The van der Waals surface area contributed by atoms with Crippen molar-refractivity contribution in [2.75, 3.05) is 13.1 Å². The first-order chi connectivity index (χ1) is 19.5. The maximum absolute atomic E-state index is 10.5. The van der Waals surface area contributed by atoms with Crippen LogP contribution in [0.15, 0.2) is 84.9 Å². The van der Waals surface area contributed by atoms with E-state index in [2.05, 4.69) is 85.0 Å². The number of rotatable bonds is 8. The average Bonchev–Trinajstić information content (AvgIpc) is 2.93. The van der Waals surface area contributed by atoms with Crippen LogP contribution in [-0.2, 0) is 38.7 Å². The fraction of sp³-hybridized carbons (Fsp3) is 0.316. The summed E-state index contributed by atoms with van der Waals surface area (Å²) >= 11 is 0. The third kappa shape index (κ3) is 12.9. The van der Waals surface area contributed by atoms with Gasteiger partial charge in [0.25, 0.3) is 0 Å². The van der Waals surface area contributed by atoms with Crippen LogP contribution in [0.3, 0.4) is 0 Å². The third-order valence-corrected chi connectivity index (χ3v) is 6.80. The Kier molecular flexibility index (Phi) is 17.0. The van der Waals surface area contributed by atoms with E-state index < -0.39 is 0 Å². The Morgan fingerprint density at radius 3 is 1.19 bits per heavy atom. The molecule has 0 atom stereocenters. The third-order valence-electron chi connectivity index (χ3n) is 6.80. The van der Waals surface area contributed by atoms with Gasteiger partial charge in [0, 0.05) is 25.8 Å². The molecular formula is C38H49HfNO2-2. The van der Waals surface area contributed by atoms with Crippen molar-refractivity contribution in [3.8, 4) is 11.5 Å². The van der Waals surface area contributed by atoms with Gasteiger partial charge in [-0.2, -0.15) is 49.2 Å². The van der Waals surface area contributed by atoms with Gasteiger partial charge in [0.15, 0.2) is 0 Å². The van der Waals surface area contributed by atoms with Crippen molar-refractivity contribution in [1.29, 1.82) is 0 Å². The van der Waals surface area contributed by atoms with E-state index in [4.69, 9.17) is 0 Å². The fourth-order valence-corrected chi connectivity index (χ4v) is 4.56. The molecule has 4 rings (SSSR count). The van der Waals surface area contributed by atoms with Gasteiger partial charge in [-0.15, -0.1) is 24.3 Å². The summed E-state index contributed by atoms with van der Waals surface area (Å²) in [7, 11) is 0. The van der Waals surface area contributed by atoms with Gasteiger partial charge in [-0.1, -0.05) is 75.2 Å². The number of benzene rings is 4. The van der Waals surface area contributed by atoms with Gasteiger partial charge in [-0.3, -0.25) is 0 Å². The van der Waals surface area contributed by atoms with E-state index in [-0.39, 0.29) is 25.8 Å². The standard InChI is InChI=1S/C24H35NO2.2C7H7.Hf/c1-15(2)21-13-17(5)11-19(23(21)26)7-9-25-10-8-20-12-18(6)14-22(16(3)4)24(20)27;2*1-7-5-3-2-4-6-7;/h11-16,25-27H,7-10H2,1-6H3;2*2-6H,1H2;/q;2*-1;. The number of hydrogen-bond acceptors (Lipinski definition) is 3. The number of nitrogens with one attached hydrogen (secondary N) is 1. The molecule has 0 spiro atoms. The van der Waals surface area contributed by atoms with Crippen molar-refractivity contribution < 1.29 is 36.1 Å². The van der Waals surface area contributed by atoms with E-state index in [1.165, 1.54) is 11.1 Å². The molecule has 4 aromatic carbocycles. The first-order valence-electron chi connectivity index (χ1n) is 14.6. The molecule has 3 nitrogen and oxygen atoms in total. The van der Waals surface area contributed by atoms with Crippen LogP contribution >= 0.6 is 0 Å². The molecule has 4 heteroatoms. The van der Waals surface area contributed by atoms with Crippen LogP contribution in [0, 0.1) is 27.7 Å². The minimum atomic E-state index is 0. The largest absolute Gasteiger partial charge is 0.507 e. The van der Waals surface area contributed by atoms with Crippen LogP contribution in [0.1, 0.15) is 84.0 Å². The molecule has 0 fully saturated rings. The number of phenols is 2. The van der Waals surface area contributed by atoms with Crippen molar-refractivity contribution in [2.24, 2.45) is 0 Å². The molecule has 0 aromatic heterocycles. The summed E-state index contributed by atoms with van der Waals surface area (Å²) in [6.45, 7) is 21.6. The summed E-state index contributed by atoms with van der Waals surface area (Å²) in [5.41, 5.74) is 8.59. The molecule has 0 saturated carbocycles. The normalized spacial score (nSPS) is 10.3. The molecule has 0 heterocycles. The molecule has 42 heavy (non-hydrogen) atoms. The molecule has 0 amide bonds. The van der Waals surface area contributed by atoms with Crippen molar-refractivity contribution in [3.05, 3.63) is 143 Å². The number of hydrogen-bond donors (Lipinski definition) is 3. The molecule has 0 aliphatic heterocycles. The van der Waals surface area contributed by atoms with Crippen molar-refractivity contribution in [1.82, 2.24) is 5.32 Å². The minimum absolute atomic E-state index is 0. The van der Waals surface area contributed by atoms with Crippen molar-refractivity contribution in [2.45, 2.75) is 66.2 Å². The molecule has 224 valence electrons. The van der Waals surface area contributed by atoms with Gasteiger partial charge in [-0.05, 0) is 73.9 Å². The van der Waals surface area contributed by atoms with Crippen molar-refractivity contribution >= 4 is 0 Å². The Morgan fingerprint density at radius 1 is 0.595 bits per heavy atom. The van der Waals surface area contributed by atoms with Gasteiger partial charge >= 0.3 is 0 Å². The second kappa shape index (κ2) is 19.3. The molecule has 0 saturated heterocycles. The Hall–Kier alpha value is -2.95. The second-order valence-electron chi connectivity index (χ2n) is 11.3. The van der Waals surface area contributed by atoms with E-state index in [0.717, 1.165) is 59.3 Å². The predicted octanol–water partition coefficient (Wildman–Crippen LogP) is 9.07. The summed E-state index contributed by atoms with van der Waals surface area (Å²) in [4.78, 5) is 0.